The first-order valence-electron chi connectivity index (χ1n) is 8.77. The molecule has 0 spiro atoms. The second-order valence-electron chi connectivity index (χ2n) is 5.66. The van der Waals surface area contributed by atoms with Crippen LogP contribution >= 0.6 is 0 Å². The number of ether oxygens (including phenoxy) is 2. The van der Waals surface area contributed by atoms with Gasteiger partial charge in [0.15, 0.2) is 6.61 Å². The number of hydrogen-bond donors (Lipinski definition) is 1. The normalized spacial score (nSPS) is 10.4. The van der Waals surface area contributed by atoms with Gasteiger partial charge in [0.25, 0.3) is 5.91 Å². The van der Waals surface area contributed by atoms with Crippen molar-refractivity contribution in [3.05, 3.63) is 54.4 Å². The van der Waals surface area contributed by atoms with Crippen molar-refractivity contribution in [3.63, 3.8) is 0 Å². The van der Waals surface area contributed by atoms with Crippen molar-refractivity contribution in [3.8, 4) is 22.9 Å². The maximum absolute atomic E-state index is 12.2. The lowest BCUT2D eigenvalue weighted by Gasteiger charge is -2.10. The van der Waals surface area contributed by atoms with E-state index in [-0.39, 0.29) is 12.5 Å². The maximum Gasteiger partial charge on any atom is 0.262 e. The lowest BCUT2D eigenvalue weighted by Crippen LogP contribution is -2.20. The molecule has 0 bridgehead atoms. The van der Waals surface area contributed by atoms with Gasteiger partial charge in [-0.25, -0.2) is 0 Å². The third-order valence-electron chi connectivity index (χ3n) is 3.71. The number of anilines is 1. The minimum atomic E-state index is -0.267. The van der Waals surface area contributed by atoms with E-state index in [0.717, 1.165) is 5.75 Å². The van der Waals surface area contributed by atoms with Crippen molar-refractivity contribution in [2.24, 2.45) is 0 Å². The molecule has 2 aromatic carbocycles. The van der Waals surface area contributed by atoms with E-state index < -0.39 is 0 Å². The smallest absolute Gasteiger partial charge is 0.262 e. The van der Waals surface area contributed by atoms with Crippen LogP contribution in [0.4, 0.5) is 5.69 Å². The highest BCUT2D eigenvalue weighted by Crippen LogP contribution is 2.27. The molecule has 0 aliphatic rings. The van der Waals surface area contributed by atoms with Crippen molar-refractivity contribution in [1.29, 1.82) is 0 Å². The van der Waals surface area contributed by atoms with Crippen molar-refractivity contribution in [1.82, 2.24) is 10.1 Å². The summed E-state index contributed by atoms with van der Waals surface area (Å²) in [5, 5.41) is 6.74. The molecule has 7 heteroatoms. The fourth-order valence-electron chi connectivity index (χ4n) is 2.43. The van der Waals surface area contributed by atoms with Crippen molar-refractivity contribution in [2.45, 2.75) is 20.3 Å². The molecule has 0 aliphatic heterocycles. The Kier molecular flexibility index (Phi) is 6.04. The highest BCUT2D eigenvalue weighted by molar-refractivity contribution is 5.92. The molecule has 1 N–H and O–H groups in total. The van der Waals surface area contributed by atoms with Crippen LogP contribution in [-0.2, 0) is 11.2 Å². The van der Waals surface area contributed by atoms with E-state index in [4.69, 9.17) is 14.0 Å². The molecule has 0 atom stereocenters. The SMILES string of the molecule is CCOc1ccc(NC(=O)COc2ccccc2-c2noc(CC)n2)cc1. The lowest BCUT2D eigenvalue weighted by molar-refractivity contribution is -0.118. The van der Waals surface area contributed by atoms with Crippen LogP contribution in [0.1, 0.15) is 19.7 Å². The number of carbonyl (C=O) groups excluding carboxylic acids is 1. The summed E-state index contributed by atoms with van der Waals surface area (Å²) in [4.78, 5) is 16.5. The molecule has 3 aromatic rings. The molecule has 0 saturated carbocycles. The van der Waals surface area contributed by atoms with E-state index in [0.29, 0.717) is 41.7 Å². The molecule has 7 nitrogen and oxygen atoms in total. The second kappa shape index (κ2) is 8.84. The molecule has 0 saturated heterocycles. The number of aryl methyl sites for hydroxylation is 1. The average Bonchev–Trinajstić information content (AvgIpc) is 3.17. The van der Waals surface area contributed by atoms with Gasteiger partial charge in [0.2, 0.25) is 11.7 Å². The number of amides is 1. The van der Waals surface area contributed by atoms with Crippen molar-refractivity contribution < 1.29 is 18.8 Å². The Morgan fingerprint density at radius 2 is 1.85 bits per heavy atom. The molecular formula is C20H21N3O4. The minimum Gasteiger partial charge on any atom is -0.494 e. The van der Waals surface area contributed by atoms with Gasteiger partial charge in [-0.2, -0.15) is 4.98 Å². The van der Waals surface area contributed by atoms with Crippen LogP contribution in [0, 0.1) is 0 Å². The average molecular weight is 367 g/mol. The first kappa shape index (κ1) is 18.4. The standard InChI is InChI=1S/C20H21N3O4/c1-3-19-22-20(23-27-19)16-7-5-6-8-17(16)26-13-18(24)21-14-9-11-15(12-10-14)25-4-2/h5-12H,3-4,13H2,1-2H3,(H,21,24). The summed E-state index contributed by atoms with van der Waals surface area (Å²) in [6, 6.07) is 14.4. The van der Waals surface area contributed by atoms with Gasteiger partial charge in [0.05, 0.1) is 12.2 Å². The molecule has 3 rings (SSSR count). The van der Waals surface area contributed by atoms with Gasteiger partial charge >= 0.3 is 0 Å². The Labute approximate surface area is 157 Å². The number of benzene rings is 2. The number of aromatic nitrogens is 2. The highest BCUT2D eigenvalue weighted by Gasteiger charge is 2.13. The Morgan fingerprint density at radius 3 is 2.56 bits per heavy atom. The number of carbonyl (C=O) groups is 1. The molecule has 0 unspecified atom stereocenters. The number of rotatable bonds is 8. The molecule has 140 valence electrons. The third-order valence-corrected chi connectivity index (χ3v) is 3.71. The Bertz CT molecular complexity index is 890. The summed E-state index contributed by atoms with van der Waals surface area (Å²) in [6.07, 6.45) is 0.653. The Balaban J connectivity index is 1.62. The minimum absolute atomic E-state index is 0.136. The molecular weight excluding hydrogens is 346 g/mol. The van der Waals surface area contributed by atoms with Crippen LogP contribution in [0.25, 0.3) is 11.4 Å². The second-order valence-corrected chi connectivity index (χ2v) is 5.66. The molecule has 0 fully saturated rings. The fourth-order valence-corrected chi connectivity index (χ4v) is 2.43. The fraction of sp³-hybridized carbons (Fsp3) is 0.250. The summed E-state index contributed by atoms with van der Waals surface area (Å²) in [5.74, 6) is 1.99. The van der Waals surface area contributed by atoms with Gasteiger partial charge in [-0.15, -0.1) is 0 Å². The first-order chi connectivity index (χ1) is 13.2. The Hall–Kier alpha value is -3.35. The van der Waals surface area contributed by atoms with E-state index in [1.54, 1.807) is 30.3 Å². The molecule has 0 aliphatic carbocycles. The van der Waals surface area contributed by atoms with Crippen molar-refractivity contribution in [2.75, 3.05) is 18.5 Å². The van der Waals surface area contributed by atoms with E-state index >= 15 is 0 Å². The molecule has 27 heavy (non-hydrogen) atoms. The predicted molar refractivity (Wildman–Crippen MR) is 101 cm³/mol. The summed E-state index contributed by atoms with van der Waals surface area (Å²) in [5.41, 5.74) is 1.35. The Morgan fingerprint density at radius 1 is 1.07 bits per heavy atom. The predicted octanol–water partition coefficient (Wildman–Crippen LogP) is 3.72. The van der Waals surface area contributed by atoms with Gasteiger partial charge in [-0.1, -0.05) is 24.2 Å². The van der Waals surface area contributed by atoms with Crippen LogP contribution < -0.4 is 14.8 Å². The number of nitrogens with one attached hydrogen (secondary N) is 1. The molecule has 0 radical (unpaired) electrons. The van der Waals surface area contributed by atoms with Crippen LogP contribution in [0.5, 0.6) is 11.5 Å². The van der Waals surface area contributed by atoms with E-state index in [1.807, 2.05) is 32.0 Å². The van der Waals surface area contributed by atoms with Crippen LogP contribution in [0.2, 0.25) is 0 Å². The quantitative estimate of drug-likeness (QED) is 0.653. The van der Waals surface area contributed by atoms with Crippen molar-refractivity contribution >= 4 is 11.6 Å². The van der Waals surface area contributed by atoms with Gasteiger partial charge in [-0.3, -0.25) is 4.79 Å². The summed E-state index contributed by atoms with van der Waals surface area (Å²) in [7, 11) is 0. The zero-order valence-electron chi connectivity index (χ0n) is 15.3. The summed E-state index contributed by atoms with van der Waals surface area (Å²) in [6.45, 7) is 4.31. The monoisotopic (exact) mass is 367 g/mol. The van der Waals surface area contributed by atoms with E-state index in [9.17, 15) is 4.79 Å². The number of para-hydroxylation sites is 1. The van der Waals surface area contributed by atoms with Gasteiger partial charge < -0.3 is 19.3 Å². The summed E-state index contributed by atoms with van der Waals surface area (Å²) < 4.78 is 16.2. The van der Waals surface area contributed by atoms with Crippen LogP contribution in [0.15, 0.2) is 53.1 Å². The zero-order chi connectivity index (χ0) is 19.1. The largest absolute Gasteiger partial charge is 0.494 e. The van der Waals surface area contributed by atoms with Crippen LogP contribution in [0.3, 0.4) is 0 Å². The van der Waals surface area contributed by atoms with Gasteiger partial charge in [-0.05, 0) is 43.3 Å². The lowest BCUT2D eigenvalue weighted by atomic mass is 10.2. The number of hydrogen-bond acceptors (Lipinski definition) is 6. The van der Waals surface area contributed by atoms with Gasteiger partial charge in [0, 0.05) is 12.1 Å². The third kappa shape index (κ3) is 4.84. The van der Waals surface area contributed by atoms with Crippen LogP contribution in [-0.4, -0.2) is 29.3 Å². The molecule has 1 amide bonds. The van der Waals surface area contributed by atoms with E-state index in [2.05, 4.69) is 15.5 Å². The zero-order valence-corrected chi connectivity index (χ0v) is 15.3. The van der Waals surface area contributed by atoms with E-state index in [1.165, 1.54) is 0 Å². The molecule has 1 heterocycles. The molecule has 1 aromatic heterocycles. The topological polar surface area (TPSA) is 86.5 Å². The highest BCUT2D eigenvalue weighted by atomic mass is 16.5. The summed E-state index contributed by atoms with van der Waals surface area (Å²) >= 11 is 0. The van der Waals surface area contributed by atoms with Gasteiger partial charge in [0.1, 0.15) is 11.5 Å². The first-order valence-corrected chi connectivity index (χ1v) is 8.77. The maximum atomic E-state index is 12.2. The number of nitrogens with zero attached hydrogens (tertiary/aromatic N) is 2.